The molecule has 118 valence electrons. The fourth-order valence-corrected chi connectivity index (χ4v) is 3.27. The average Bonchev–Trinajstić information content (AvgIpc) is 2.47. The third kappa shape index (κ3) is 3.86. The molecule has 0 aromatic carbocycles. The van der Waals surface area contributed by atoms with Crippen molar-refractivity contribution in [1.29, 1.82) is 0 Å². The standard InChI is InChI=1S/C15H25BrN4O/c1-4-7-17-12-6-5-8-19(10-12)13-9-18-20(11(2)3)15(21)14(13)16/h9,11-12,17H,4-8,10H2,1-3H3. The van der Waals surface area contributed by atoms with E-state index in [0.29, 0.717) is 10.5 Å². The number of aromatic nitrogens is 2. The first-order valence-corrected chi connectivity index (χ1v) is 8.59. The second kappa shape index (κ2) is 7.40. The highest BCUT2D eigenvalue weighted by atomic mass is 79.9. The van der Waals surface area contributed by atoms with E-state index in [1.165, 1.54) is 11.1 Å². The molecule has 1 atom stereocenters. The summed E-state index contributed by atoms with van der Waals surface area (Å²) in [5.41, 5.74) is 0.867. The number of rotatable bonds is 5. The van der Waals surface area contributed by atoms with Gasteiger partial charge in [0.25, 0.3) is 5.56 Å². The van der Waals surface area contributed by atoms with Gasteiger partial charge in [0.1, 0.15) is 4.47 Å². The SMILES string of the molecule is CCCNC1CCCN(c2cnn(C(C)C)c(=O)c2Br)C1. The van der Waals surface area contributed by atoms with Gasteiger partial charge in [-0.1, -0.05) is 6.92 Å². The van der Waals surface area contributed by atoms with Gasteiger partial charge in [-0.25, -0.2) is 4.68 Å². The summed E-state index contributed by atoms with van der Waals surface area (Å²) >= 11 is 3.47. The van der Waals surface area contributed by atoms with E-state index < -0.39 is 0 Å². The Morgan fingerprint density at radius 1 is 1.52 bits per heavy atom. The molecule has 1 aliphatic heterocycles. The van der Waals surface area contributed by atoms with Gasteiger partial charge in [-0.05, 0) is 55.6 Å². The van der Waals surface area contributed by atoms with Crippen LogP contribution in [0.15, 0.2) is 15.5 Å². The second-order valence-electron chi connectivity index (χ2n) is 5.93. The Morgan fingerprint density at radius 2 is 2.29 bits per heavy atom. The molecule has 1 fully saturated rings. The molecule has 0 radical (unpaired) electrons. The number of anilines is 1. The van der Waals surface area contributed by atoms with Gasteiger partial charge in [-0.15, -0.1) is 0 Å². The van der Waals surface area contributed by atoms with Gasteiger partial charge in [0, 0.05) is 19.1 Å². The van der Waals surface area contributed by atoms with Gasteiger partial charge in [0.2, 0.25) is 0 Å². The predicted molar refractivity (Wildman–Crippen MR) is 90.1 cm³/mol. The lowest BCUT2D eigenvalue weighted by atomic mass is 10.1. The Labute approximate surface area is 134 Å². The van der Waals surface area contributed by atoms with Gasteiger partial charge >= 0.3 is 0 Å². The molecule has 5 nitrogen and oxygen atoms in total. The van der Waals surface area contributed by atoms with Gasteiger partial charge in [-0.3, -0.25) is 4.79 Å². The summed E-state index contributed by atoms with van der Waals surface area (Å²) in [7, 11) is 0. The maximum absolute atomic E-state index is 12.3. The number of hydrogen-bond acceptors (Lipinski definition) is 4. The average molecular weight is 357 g/mol. The lowest BCUT2D eigenvalue weighted by Gasteiger charge is -2.35. The highest BCUT2D eigenvalue weighted by Crippen LogP contribution is 2.25. The van der Waals surface area contributed by atoms with Crippen LogP contribution in [0.2, 0.25) is 0 Å². The van der Waals surface area contributed by atoms with Gasteiger partial charge in [-0.2, -0.15) is 5.10 Å². The zero-order chi connectivity index (χ0) is 15.4. The third-order valence-corrected chi connectivity index (χ3v) is 4.60. The first kappa shape index (κ1) is 16.5. The van der Waals surface area contributed by atoms with E-state index >= 15 is 0 Å². The lowest BCUT2D eigenvalue weighted by molar-refractivity contribution is 0.421. The molecule has 0 amide bonds. The molecule has 21 heavy (non-hydrogen) atoms. The Bertz CT molecular complexity index is 529. The zero-order valence-corrected chi connectivity index (χ0v) is 14.7. The van der Waals surface area contributed by atoms with Crippen LogP contribution in [0, 0.1) is 0 Å². The zero-order valence-electron chi connectivity index (χ0n) is 13.1. The highest BCUT2D eigenvalue weighted by Gasteiger charge is 2.23. The van der Waals surface area contributed by atoms with E-state index in [-0.39, 0.29) is 11.6 Å². The molecule has 1 aliphatic rings. The van der Waals surface area contributed by atoms with Crippen molar-refractivity contribution in [3.05, 3.63) is 21.0 Å². The van der Waals surface area contributed by atoms with Crippen LogP contribution in [-0.2, 0) is 0 Å². The van der Waals surface area contributed by atoms with Crippen molar-refractivity contribution in [2.45, 2.75) is 52.1 Å². The third-order valence-electron chi connectivity index (χ3n) is 3.86. The molecule has 1 N–H and O–H groups in total. The molecule has 0 aliphatic carbocycles. The van der Waals surface area contributed by atoms with Crippen molar-refractivity contribution in [3.8, 4) is 0 Å². The van der Waals surface area contributed by atoms with Crippen molar-refractivity contribution in [1.82, 2.24) is 15.1 Å². The van der Waals surface area contributed by atoms with Crippen LogP contribution < -0.4 is 15.8 Å². The van der Waals surface area contributed by atoms with Crippen LogP contribution in [0.25, 0.3) is 0 Å². The summed E-state index contributed by atoms with van der Waals surface area (Å²) in [6.45, 7) is 9.08. The quantitative estimate of drug-likeness (QED) is 0.880. The number of halogens is 1. The van der Waals surface area contributed by atoms with E-state index in [1.807, 2.05) is 20.0 Å². The summed E-state index contributed by atoms with van der Waals surface area (Å²) in [6.07, 6.45) is 5.30. The lowest BCUT2D eigenvalue weighted by Crippen LogP contribution is -2.46. The minimum Gasteiger partial charge on any atom is -0.368 e. The van der Waals surface area contributed by atoms with E-state index in [4.69, 9.17) is 0 Å². The number of nitrogens with one attached hydrogen (secondary N) is 1. The van der Waals surface area contributed by atoms with Crippen LogP contribution in [0.3, 0.4) is 0 Å². The van der Waals surface area contributed by atoms with Crippen molar-refractivity contribution < 1.29 is 0 Å². The molecular formula is C15H25BrN4O. The Kier molecular flexibility index (Phi) is 5.81. The fourth-order valence-electron chi connectivity index (χ4n) is 2.74. The highest BCUT2D eigenvalue weighted by molar-refractivity contribution is 9.10. The van der Waals surface area contributed by atoms with E-state index in [0.717, 1.165) is 38.2 Å². The monoisotopic (exact) mass is 356 g/mol. The molecule has 1 saturated heterocycles. The largest absolute Gasteiger partial charge is 0.368 e. The molecule has 2 heterocycles. The minimum atomic E-state index is -0.0499. The Hall–Kier alpha value is -0.880. The van der Waals surface area contributed by atoms with Gasteiger partial charge in [0.05, 0.1) is 17.9 Å². The van der Waals surface area contributed by atoms with Gasteiger partial charge < -0.3 is 10.2 Å². The Morgan fingerprint density at radius 3 is 2.95 bits per heavy atom. The van der Waals surface area contributed by atoms with Crippen molar-refractivity contribution in [2.75, 3.05) is 24.5 Å². The molecule has 1 aromatic heterocycles. The van der Waals surface area contributed by atoms with Crippen LogP contribution in [0.4, 0.5) is 5.69 Å². The summed E-state index contributed by atoms with van der Waals surface area (Å²) in [4.78, 5) is 14.6. The molecule has 1 unspecified atom stereocenters. The maximum Gasteiger partial charge on any atom is 0.283 e. The van der Waals surface area contributed by atoms with Crippen LogP contribution in [-0.4, -0.2) is 35.5 Å². The summed E-state index contributed by atoms with van der Waals surface area (Å²) < 4.78 is 2.15. The van der Waals surface area contributed by atoms with E-state index in [1.54, 1.807) is 0 Å². The van der Waals surface area contributed by atoms with Crippen LogP contribution in [0.1, 0.15) is 46.1 Å². The smallest absolute Gasteiger partial charge is 0.283 e. The summed E-state index contributed by atoms with van der Waals surface area (Å²) in [5, 5.41) is 7.89. The molecule has 1 aromatic rings. The number of piperidine rings is 1. The summed E-state index contributed by atoms with van der Waals surface area (Å²) in [5.74, 6) is 0. The van der Waals surface area contributed by atoms with Crippen molar-refractivity contribution in [2.24, 2.45) is 0 Å². The van der Waals surface area contributed by atoms with Crippen molar-refractivity contribution in [3.63, 3.8) is 0 Å². The predicted octanol–water partition coefficient (Wildman–Crippen LogP) is 2.56. The molecule has 2 rings (SSSR count). The van der Waals surface area contributed by atoms with Crippen LogP contribution in [0.5, 0.6) is 0 Å². The molecule has 0 bridgehead atoms. The Balaban J connectivity index is 2.18. The first-order chi connectivity index (χ1) is 10.0. The fraction of sp³-hybridized carbons (Fsp3) is 0.733. The molecule has 0 spiro atoms. The number of nitrogens with zero attached hydrogens (tertiary/aromatic N) is 3. The van der Waals surface area contributed by atoms with Gasteiger partial charge in [0.15, 0.2) is 0 Å². The summed E-state index contributed by atoms with van der Waals surface area (Å²) in [6, 6.07) is 0.571. The molecular weight excluding hydrogens is 332 g/mol. The molecule has 0 saturated carbocycles. The molecule has 6 heteroatoms. The van der Waals surface area contributed by atoms with E-state index in [9.17, 15) is 4.79 Å². The topological polar surface area (TPSA) is 50.2 Å². The van der Waals surface area contributed by atoms with E-state index in [2.05, 4.69) is 38.2 Å². The van der Waals surface area contributed by atoms with Crippen LogP contribution >= 0.6 is 15.9 Å². The minimum absolute atomic E-state index is 0.0499. The number of hydrogen-bond donors (Lipinski definition) is 1. The normalized spacial score (nSPS) is 19.3. The second-order valence-corrected chi connectivity index (χ2v) is 6.72. The van der Waals surface area contributed by atoms with Crippen molar-refractivity contribution >= 4 is 21.6 Å². The maximum atomic E-state index is 12.3. The first-order valence-electron chi connectivity index (χ1n) is 7.80.